The first kappa shape index (κ1) is 13.9. The highest BCUT2D eigenvalue weighted by molar-refractivity contribution is 6.32. The average molecular weight is 306 g/mol. The predicted octanol–water partition coefficient (Wildman–Crippen LogP) is 2.82. The lowest BCUT2D eigenvalue weighted by molar-refractivity contribution is -0.117. The fraction of sp³-hybridized carbons (Fsp3) is 0.333. The van der Waals surface area contributed by atoms with Gasteiger partial charge < -0.3 is 10.1 Å². The van der Waals surface area contributed by atoms with Crippen LogP contribution in [0.3, 0.4) is 0 Å². The summed E-state index contributed by atoms with van der Waals surface area (Å²) in [6.45, 7) is 0. The summed E-state index contributed by atoms with van der Waals surface area (Å²) in [6.07, 6.45) is 4.64. The Kier molecular flexibility index (Phi) is 3.59. The van der Waals surface area contributed by atoms with Gasteiger partial charge in [0.15, 0.2) is 0 Å². The summed E-state index contributed by atoms with van der Waals surface area (Å²) in [4.78, 5) is 12.2. The molecule has 1 heterocycles. The molecule has 110 valence electrons. The molecule has 1 aliphatic carbocycles. The topological polar surface area (TPSA) is 56.1 Å². The average Bonchev–Trinajstić information content (AvgIpc) is 3.14. The fourth-order valence-corrected chi connectivity index (χ4v) is 2.72. The Morgan fingerprint density at radius 3 is 2.95 bits per heavy atom. The highest BCUT2D eigenvalue weighted by atomic mass is 35.5. The molecule has 0 bridgehead atoms. The number of nitrogens with one attached hydrogen (secondary N) is 1. The van der Waals surface area contributed by atoms with Gasteiger partial charge in [-0.1, -0.05) is 11.6 Å². The van der Waals surface area contributed by atoms with Crippen molar-refractivity contribution in [3.63, 3.8) is 0 Å². The second-order valence-electron chi connectivity index (χ2n) is 5.23. The molecule has 2 unspecified atom stereocenters. The number of hydrogen-bond donors (Lipinski definition) is 1. The number of carbonyl (C=O) groups excluding carboxylic acids is 1. The molecule has 21 heavy (non-hydrogen) atoms. The van der Waals surface area contributed by atoms with Crippen LogP contribution in [0, 0.1) is 5.92 Å². The summed E-state index contributed by atoms with van der Waals surface area (Å²) in [5, 5.41) is 7.52. The van der Waals surface area contributed by atoms with Crippen molar-refractivity contribution < 1.29 is 9.53 Å². The minimum atomic E-state index is 0.00933. The highest BCUT2D eigenvalue weighted by Crippen LogP contribution is 2.47. The van der Waals surface area contributed by atoms with Crippen LogP contribution in [-0.2, 0) is 11.8 Å². The number of hydrogen-bond acceptors (Lipinski definition) is 3. The SMILES string of the molecule is COc1ccc(NC(=O)C2CC2c2cnn(C)c2)cc1Cl. The van der Waals surface area contributed by atoms with Crippen LogP contribution in [0.2, 0.25) is 5.02 Å². The number of aryl methyl sites for hydroxylation is 1. The Bertz CT molecular complexity index is 683. The van der Waals surface area contributed by atoms with E-state index in [-0.39, 0.29) is 17.7 Å². The lowest BCUT2D eigenvalue weighted by atomic mass is 10.2. The van der Waals surface area contributed by atoms with Crippen molar-refractivity contribution in [2.24, 2.45) is 13.0 Å². The van der Waals surface area contributed by atoms with Gasteiger partial charge in [-0.25, -0.2) is 0 Å². The summed E-state index contributed by atoms with van der Waals surface area (Å²) in [5.41, 5.74) is 1.80. The smallest absolute Gasteiger partial charge is 0.228 e. The molecule has 2 aromatic rings. The number of amides is 1. The van der Waals surface area contributed by atoms with Gasteiger partial charge in [-0.05, 0) is 36.1 Å². The first-order valence-corrected chi connectivity index (χ1v) is 7.09. The Balaban J connectivity index is 1.64. The van der Waals surface area contributed by atoms with E-state index in [0.29, 0.717) is 16.5 Å². The Hall–Kier alpha value is -2.01. The molecule has 0 aliphatic heterocycles. The monoisotopic (exact) mass is 305 g/mol. The normalized spacial score (nSPS) is 20.1. The zero-order chi connectivity index (χ0) is 15.0. The summed E-state index contributed by atoms with van der Waals surface area (Å²) in [6, 6.07) is 5.22. The number of rotatable bonds is 4. The predicted molar refractivity (Wildman–Crippen MR) is 80.7 cm³/mol. The van der Waals surface area contributed by atoms with Crippen LogP contribution in [0.25, 0.3) is 0 Å². The number of carbonyl (C=O) groups is 1. The molecule has 1 N–H and O–H groups in total. The third kappa shape index (κ3) is 2.88. The van der Waals surface area contributed by atoms with Crippen LogP contribution in [0.5, 0.6) is 5.75 Å². The molecule has 3 rings (SSSR count). The minimum Gasteiger partial charge on any atom is -0.495 e. The summed E-state index contributed by atoms with van der Waals surface area (Å²) in [7, 11) is 3.43. The van der Waals surface area contributed by atoms with Crippen molar-refractivity contribution in [2.75, 3.05) is 12.4 Å². The molecule has 0 saturated heterocycles. The molecule has 6 heteroatoms. The number of benzene rings is 1. The van der Waals surface area contributed by atoms with Crippen molar-refractivity contribution in [2.45, 2.75) is 12.3 Å². The molecule has 0 radical (unpaired) electrons. The van der Waals surface area contributed by atoms with Gasteiger partial charge in [-0.15, -0.1) is 0 Å². The van der Waals surface area contributed by atoms with Crippen molar-refractivity contribution in [1.29, 1.82) is 0 Å². The second-order valence-corrected chi connectivity index (χ2v) is 5.64. The number of halogens is 1. The number of nitrogens with zero attached hydrogens (tertiary/aromatic N) is 2. The fourth-order valence-electron chi connectivity index (χ4n) is 2.46. The van der Waals surface area contributed by atoms with Gasteiger partial charge in [-0.2, -0.15) is 5.10 Å². The van der Waals surface area contributed by atoms with Gasteiger partial charge in [0.1, 0.15) is 5.75 Å². The zero-order valence-corrected chi connectivity index (χ0v) is 12.6. The number of ether oxygens (including phenoxy) is 1. The van der Waals surface area contributed by atoms with Gasteiger partial charge in [0.05, 0.1) is 18.3 Å². The largest absolute Gasteiger partial charge is 0.495 e. The van der Waals surface area contributed by atoms with E-state index < -0.39 is 0 Å². The summed E-state index contributed by atoms with van der Waals surface area (Å²) >= 11 is 6.05. The first-order valence-electron chi connectivity index (χ1n) is 6.71. The van der Waals surface area contributed by atoms with Gasteiger partial charge >= 0.3 is 0 Å². The van der Waals surface area contributed by atoms with Gasteiger partial charge in [0.2, 0.25) is 5.91 Å². The molecular weight excluding hydrogens is 290 g/mol. The molecule has 1 fully saturated rings. The third-order valence-corrected chi connectivity index (χ3v) is 3.99. The lowest BCUT2D eigenvalue weighted by Crippen LogP contribution is -2.14. The van der Waals surface area contributed by atoms with Gasteiger partial charge in [0.25, 0.3) is 0 Å². The Morgan fingerprint density at radius 1 is 1.52 bits per heavy atom. The molecule has 5 nitrogen and oxygen atoms in total. The number of aromatic nitrogens is 2. The van der Waals surface area contributed by atoms with Crippen molar-refractivity contribution in [1.82, 2.24) is 9.78 Å². The van der Waals surface area contributed by atoms with Crippen LogP contribution < -0.4 is 10.1 Å². The molecular formula is C15H16ClN3O2. The van der Waals surface area contributed by atoms with E-state index in [2.05, 4.69) is 10.4 Å². The molecule has 0 spiro atoms. The number of methoxy groups -OCH3 is 1. The van der Waals surface area contributed by atoms with E-state index in [9.17, 15) is 4.79 Å². The second kappa shape index (κ2) is 5.41. The molecule has 1 saturated carbocycles. The third-order valence-electron chi connectivity index (χ3n) is 3.70. The minimum absolute atomic E-state index is 0.00933. The van der Waals surface area contributed by atoms with E-state index in [4.69, 9.17) is 16.3 Å². The lowest BCUT2D eigenvalue weighted by Gasteiger charge is -2.07. The van der Waals surface area contributed by atoms with Crippen molar-refractivity contribution in [3.05, 3.63) is 41.2 Å². The standard InChI is InChI=1S/C15H16ClN3O2/c1-19-8-9(7-17-19)11-6-12(11)15(20)18-10-3-4-14(21-2)13(16)5-10/h3-5,7-8,11-12H,6H2,1-2H3,(H,18,20). The Labute approximate surface area is 127 Å². The maximum atomic E-state index is 12.2. The molecule has 1 aromatic heterocycles. The van der Waals surface area contributed by atoms with Gasteiger partial charge in [-0.3, -0.25) is 9.48 Å². The van der Waals surface area contributed by atoms with Crippen LogP contribution in [0.4, 0.5) is 5.69 Å². The highest BCUT2D eigenvalue weighted by Gasteiger charge is 2.44. The summed E-state index contributed by atoms with van der Waals surface area (Å²) < 4.78 is 6.84. The summed E-state index contributed by atoms with van der Waals surface area (Å²) in [5.74, 6) is 0.891. The molecule has 1 amide bonds. The van der Waals surface area contributed by atoms with Crippen LogP contribution in [0.1, 0.15) is 17.9 Å². The van der Waals surface area contributed by atoms with Crippen LogP contribution >= 0.6 is 11.6 Å². The first-order chi connectivity index (χ1) is 10.1. The molecule has 2 atom stereocenters. The molecule has 1 aromatic carbocycles. The van der Waals surface area contributed by atoms with Crippen molar-refractivity contribution >= 4 is 23.2 Å². The zero-order valence-electron chi connectivity index (χ0n) is 11.8. The van der Waals surface area contributed by atoms with E-state index in [1.165, 1.54) is 0 Å². The van der Waals surface area contributed by atoms with E-state index in [1.807, 2.05) is 19.4 Å². The van der Waals surface area contributed by atoms with Crippen LogP contribution in [0.15, 0.2) is 30.6 Å². The van der Waals surface area contributed by atoms with E-state index in [0.717, 1.165) is 12.0 Å². The maximum absolute atomic E-state index is 12.2. The van der Waals surface area contributed by atoms with Crippen LogP contribution in [-0.4, -0.2) is 22.8 Å². The maximum Gasteiger partial charge on any atom is 0.228 e. The molecule has 1 aliphatic rings. The Morgan fingerprint density at radius 2 is 2.33 bits per heavy atom. The van der Waals surface area contributed by atoms with Gasteiger partial charge in [0, 0.05) is 24.8 Å². The van der Waals surface area contributed by atoms with Crippen molar-refractivity contribution in [3.8, 4) is 5.75 Å². The van der Waals surface area contributed by atoms with E-state index in [1.54, 1.807) is 30.0 Å². The van der Waals surface area contributed by atoms with E-state index >= 15 is 0 Å². The quantitative estimate of drug-likeness (QED) is 0.945. The number of anilines is 1.